The smallest absolute Gasteiger partial charge is 0.225 e. The van der Waals surface area contributed by atoms with Crippen LogP contribution in [0.15, 0.2) is 48.5 Å². The van der Waals surface area contributed by atoms with Crippen LogP contribution in [0.5, 0.6) is 0 Å². The third kappa shape index (κ3) is 4.67. The van der Waals surface area contributed by atoms with Crippen molar-refractivity contribution < 1.29 is 9.18 Å². The lowest BCUT2D eigenvalue weighted by Gasteiger charge is -2.23. The molecule has 2 rings (SSSR count). The molecule has 0 radical (unpaired) electrons. The Labute approximate surface area is 144 Å². The van der Waals surface area contributed by atoms with Gasteiger partial charge in [0.1, 0.15) is 5.82 Å². The standard InChI is InChI=1S/C21H26FNO/c1-14(2)16-9-11-17(12-10-16)21(15(3)4)23-20(24)13-18-7-5-6-8-19(18)22/h5-12,14-15,21H,13H2,1-4H3,(H,23,24)/t21-/m1/s1. The summed E-state index contributed by atoms with van der Waals surface area (Å²) in [5.41, 5.74) is 2.78. The van der Waals surface area contributed by atoms with Gasteiger partial charge in [0.05, 0.1) is 12.5 Å². The lowest BCUT2D eigenvalue weighted by Crippen LogP contribution is -2.33. The largest absolute Gasteiger partial charge is 0.349 e. The van der Waals surface area contributed by atoms with Gasteiger partial charge in [0.2, 0.25) is 5.91 Å². The zero-order valence-corrected chi connectivity index (χ0v) is 14.8. The molecule has 0 fully saturated rings. The maximum Gasteiger partial charge on any atom is 0.225 e. The van der Waals surface area contributed by atoms with Crippen molar-refractivity contribution in [2.75, 3.05) is 0 Å². The topological polar surface area (TPSA) is 29.1 Å². The Hall–Kier alpha value is -2.16. The van der Waals surface area contributed by atoms with Crippen LogP contribution in [0.2, 0.25) is 0 Å². The third-order valence-corrected chi connectivity index (χ3v) is 4.25. The number of carbonyl (C=O) groups excluding carboxylic acids is 1. The van der Waals surface area contributed by atoms with Crippen molar-refractivity contribution >= 4 is 5.91 Å². The molecule has 24 heavy (non-hydrogen) atoms. The van der Waals surface area contributed by atoms with Crippen LogP contribution < -0.4 is 5.32 Å². The third-order valence-electron chi connectivity index (χ3n) is 4.25. The minimum absolute atomic E-state index is 0.0555. The molecular weight excluding hydrogens is 301 g/mol. The van der Waals surface area contributed by atoms with Crippen molar-refractivity contribution in [3.63, 3.8) is 0 Å². The molecular formula is C21H26FNO. The van der Waals surface area contributed by atoms with Gasteiger partial charge < -0.3 is 5.32 Å². The van der Waals surface area contributed by atoms with Crippen LogP contribution >= 0.6 is 0 Å². The van der Waals surface area contributed by atoms with E-state index in [0.29, 0.717) is 11.5 Å². The molecule has 3 heteroatoms. The first-order valence-corrected chi connectivity index (χ1v) is 8.51. The first-order valence-electron chi connectivity index (χ1n) is 8.51. The Morgan fingerprint density at radius 3 is 2.08 bits per heavy atom. The summed E-state index contributed by atoms with van der Waals surface area (Å²) >= 11 is 0. The van der Waals surface area contributed by atoms with E-state index in [2.05, 4.69) is 57.3 Å². The number of rotatable bonds is 6. The lowest BCUT2D eigenvalue weighted by molar-refractivity contribution is -0.121. The van der Waals surface area contributed by atoms with Gasteiger partial charge in [-0.25, -0.2) is 4.39 Å². The average Bonchev–Trinajstić information content (AvgIpc) is 2.54. The van der Waals surface area contributed by atoms with E-state index in [1.807, 2.05) is 0 Å². The van der Waals surface area contributed by atoms with E-state index in [1.165, 1.54) is 11.6 Å². The fraction of sp³-hybridized carbons (Fsp3) is 0.381. The van der Waals surface area contributed by atoms with E-state index >= 15 is 0 Å². The zero-order chi connectivity index (χ0) is 17.7. The molecule has 0 spiro atoms. The van der Waals surface area contributed by atoms with Crippen LogP contribution in [0.3, 0.4) is 0 Å². The van der Waals surface area contributed by atoms with Crippen LogP contribution in [-0.4, -0.2) is 5.91 Å². The van der Waals surface area contributed by atoms with Crippen molar-refractivity contribution in [1.82, 2.24) is 5.32 Å². The van der Waals surface area contributed by atoms with E-state index in [4.69, 9.17) is 0 Å². The minimum atomic E-state index is -0.338. The summed E-state index contributed by atoms with van der Waals surface area (Å²) in [5, 5.41) is 3.05. The highest BCUT2D eigenvalue weighted by atomic mass is 19.1. The van der Waals surface area contributed by atoms with E-state index in [9.17, 15) is 9.18 Å². The molecule has 0 aromatic heterocycles. The molecule has 2 aromatic rings. The molecule has 0 unspecified atom stereocenters. The number of nitrogens with one attached hydrogen (secondary N) is 1. The molecule has 0 saturated carbocycles. The molecule has 1 amide bonds. The van der Waals surface area contributed by atoms with Crippen molar-refractivity contribution in [1.29, 1.82) is 0 Å². The molecule has 0 heterocycles. The van der Waals surface area contributed by atoms with Crippen molar-refractivity contribution in [3.05, 3.63) is 71.0 Å². The predicted octanol–water partition coefficient (Wildman–Crippen LogP) is 5.01. The van der Waals surface area contributed by atoms with Crippen LogP contribution in [-0.2, 0) is 11.2 Å². The number of halogens is 1. The first-order chi connectivity index (χ1) is 11.4. The van der Waals surface area contributed by atoms with E-state index in [1.54, 1.807) is 18.2 Å². The van der Waals surface area contributed by atoms with Gasteiger partial charge in [-0.1, -0.05) is 70.2 Å². The summed E-state index contributed by atoms with van der Waals surface area (Å²) in [4.78, 5) is 12.4. The number of carbonyl (C=O) groups is 1. The van der Waals surface area contributed by atoms with Gasteiger partial charge in [-0.15, -0.1) is 0 Å². The number of hydrogen-bond acceptors (Lipinski definition) is 1. The van der Waals surface area contributed by atoms with Gasteiger partial charge >= 0.3 is 0 Å². The van der Waals surface area contributed by atoms with Crippen LogP contribution in [0, 0.1) is 11.7 Å². The SMILES string of the molecule is CC(C)c1ccc([C@H](NC(=O)Cc2ccccc2F)C(C)C)cc1. The summed E-state index contributed by atoms with van der Waals surface area (Å²) < 4.78 is 13.7. The molecule has 1 atom stereocenters. The predicted molar refractivity (Wildman–Crippen MR) is 96.4 cm³/mol. The normalized spacial score (nSPS) is 12.5. The summed E-state index contributed by atoms with van der Waals surface area (Å²) in [6, 6.07) is 14.7. The highest BCUT2D eigenvalue weighted by Gasteiger charge is 2.19. The van der Waals surface area contributed by atoms with Gasteiger partial charge in [-0.05, 0) is 34.6 Å². The Morgan fingerprint density at radius 2 is 1.54 bits per heavy atom. The maximum absolute atomic E-state index is 13.7. The Kier molecular flexibility index (Phi) is 6.13. The zero-order valence-electron chi connectivity index (χ0n) is 14.8. The fourth-order valence-corrected chi connectivity index (χ4v) is 2.76. The van der Waals surface area contributed by atoms with Gasteiger partial charge in [0.15, 0.2) is 0 Å². The van der Waals surface area contributed by atoms with Crippen molar-refractivity contribution in [3.8, 4) is 0 Å². The van der Waals surface area contributed by atoms with Gasteiger partial charge in [0, 0.05) is 0 Å². The average molecular weight is 327 g/mol. The van der Waals surface area contributed by atoms with Crippen LogP contribution in [0.1, 0.15) is 56.3 Å². The first kappa shape index (κ1) is 18.2. The quantitative estimate of drug-likeness (QED) is 0.794. The molecule has 0 aliphatic rings. The van der Waals surface area contributed by atoms with E-state index in [-0.39, 0.29) is 30.1 Å². The van der Waals surface area contributed by atoms with Crippen LogP contribution in [0.4, 0.5) is 4.39 Å². The molecule has 0 aliphatic carbocycles. The second-order valence-corrected chi connectivity index (χ2v) is 6.88. The lowest BCUT2D eigenvalue weighted by atomic mass is 9.93. The monoisotopic (exact) mass is 327 g/mol. The number of amides is 1. The molecule has 0 aliphatic heterocycles. The van der Waals surface area contributed by atoms with E-state index in [0.717, 1.165) is 5.56 Å². The minimum Gasteiger partial charge on any atom is -0.349 e. The van der Waals surface area contributed by atoms with Crippen molar-refractivity contribution in [2.24, 2.45) is 5.92 Å². The summed E-state index contributed by atoms with van der Waals surface area (Å²) in [6.07, 6.45) is 0.0555. The highest BCUT2D eigenvalue weighted by Crippen LogP contribution is 2.24. The molecule has 2 aromatic carbocycles. The second-order valence-electron chi connectivity index (χ2n) is 6.88. The summed E-state index contributed by atoms with van der Waals surface area (Å²) in [6.45, 7) is 8.46. The molecule has 1 N–H and O–H groups in total. The van der Waals surface area contributed by atoms with E-state index < -0.39 is 0 Å². The molecule has 0 bridgehead atoms. The van der Waals surface area contributed by atoms with Gasteiger partial charge in [-0.2, -0.15) is 0 Å². The Balaban J connectivity index is 2.10. The fourth-order valence-electron chi connectivity index (χ4n) is 2.76. The Bertz CT molecular complexity index is 676. The highest BCUT2D eigenvalue weighted by molar-refractivity contribution is 5.79. The second kappa shape index (κ2) is 8.09. The van der Waals surface area contributed by atoms with Gasteiger partial charge in [0.25, 0.3) is 0 Å². The number of hydrogen-bond donors (Lipinski definition) is 1. The summed E-state index contributed by atoms with van der Waals surface area (Å²) in [5.74, 6) is 0.230. The number of benzene rings is 2. The maximum atomic E-state index is 13.7. The van der Waals surface area contributed by atoms with Crippen molar-refractivity contribution in [2.45, 2.75) is 46.1 Å². The summed E-state index contributed by atoms with van der Waals surface area (Å²) in [7, 11) is 0. The van der Waals surface area contributed by atoms with Crippen LogP contribution in [0.25, 0.3) is 0 Å². The Morgan fingerprint density at radius 1 is 0.958 bits per heavy atom. The van der Waals surface area contributed by atoms with Gasteiger partial charge in [-0.3, -0.25) is 4.79 Å². The molecule has 128 valence electrons. The molecule has 2 nitrogen and oxygen atoms in total. The molecule has 0 saturated heterocycles.